The summed E-state index contributed by atoms with van der Waals surface area (Å²) < 4.78 is 38.4. The second-order valence-electron chi connectivity index (χ2n) is 5.70. The first-order chi connectivity index (χ1) is 8.00. The van der Waals surface area contributed by atoms with Crippen molar-refractivity contribution in [3.8, 4) is 0 Å². The Morgan fingerprint density at radius 2 is 1.83 bits per heavy atom. The van der Waals surface area contributed by atoms with E-state index in [0.29, 0.717) is 6.54 Å². The quantitative estimate of drug-likeness (QED) is 0.767. The van der Waals surface area contributed by atoms with Crippen LogP contribution in [-0.4, -0.2) is 46.9 Å². The third-order valence-electron chi connectivity index (χ3n) is 3.19. The SMILES string of the molecule is CC(C)(C)N1C[C@H](NC(=O)O)C[C@H](C(F)(F)F)C1. The Hall–Kier alpha value is -0.980. The number of nitrogens with zero attached hydrogens (tertiary/aromatic N) is 1. The van der Waals surface area contributed by atoms with Crippen molar-refractivity contribution in [3.05, 3.63) is 0 Å². The van der Waals surface area contributed by atoms with Crippen LogP contribution in [0.5, 0.6) is 0 Å². The summed E-state index contributed by atoms with van der Waals surface area (Å²) in [6.07, 6.45) is -5.76. The molecule has 0 bridgehead atoms. The van der Waals surface area contributed by atoms with Crippen LogP contribution >= 0.6 is 0 Å². The van der Waals surface area contributed by atoms with Crippen molar-refractivity contribution in [2.75, 3.05) is 13.1 Å². The highest BCUT2D eigenvalue weighted by Gasteiger charge is 2.46. The molecule has 1 aliphatic rings. The van der Waals surface area contributed by atoms with Crippen LogP contribution in [0.2, 0.25) is 0 Å². The van der Waals surface area contributed by atoms with Crippen LogP contribution in [-0.2, 0) is 0 Å². The standard InChI is InChI=1S/C11H19F3N2O2/c1-10(2,3)16-5-7(11(12,13)14)4-8(6-16)15-9(17)18/h7-8,15H,4-6H2,1-3H3,(H,17,18)/t7-,8+/m0/s1. The molecule has 1 saturated heterocycles. The highest BCUT2D eigenvalue weighted by atomic mass is 19.4. The predicted octanol–water partition coefficient (Wildman–Crippen LogP) is 2.31. The molecule has 18 heavy (non-hydrogen) atoms. The Balaban J connectivity index is 2.82. The number of hydrogen-bond acceptors (Lipinski definition) is 2. The lowest BCUT2D eigenvalue weighted by Crippen LogP contribution is -2.58. The molecule has 2 atom stereocenters. The topological polar surface area (TPSA) is 52.6 Å². The van der Waals surface area contributed by atoms with Crippen molar-refractivity contribution < 1.29 is 23.1 Å². The Labute approximate surface area is 104 Å². The molecular formula is C11H19F3N2O2. The smallest absolute Gasteiger partial charge is 0.404 e. The molecule has 0 saturated carbocycles. The molecule has 0 aromatic heterocycles. The first kappa shape index (κ1) is 15.1. The van der Waals surface area contributed by atoms with E-state index < -0.39 is 29.8 Å². The van der Waals surface area contributed by atoms with E-state index in [1.807, 2.05) is 20.8 Å². The molecule has 7 heteroatoms. The fourth-order valence-corrected chi connectivity index (χ4v) is 2.16. The lowest BCUT2D eigenvalue weighted by Gasteiger charge is -2.45. The first-order valence-electron chi connectivity index (χ1n) is 5.81. The number of alkyl halides is 3. The summed E-state index contributed by atoms with van der Waals surface area (Å²) in [6, 6.07) is -0.679. The minimum absolute atomic E-state index is 0.0786. The molecule has 0 aromatic rings. The maximum atomic E-state index is 12.8. The second-order valence-corrected chi connectivity index (χ2v) is 5.70. The van der Waals surface area contributed by atoms with Gasteiger partial charge in [0.05, 0.1) is 5.92 Å². The molecule has 1 aliphatic heterocycles. The van der Waals surface area contributed by atoms with E-state index >= 15 is 0 Å². The van der Waals surface area contributed by atoms with Crippen LogP contribution < -0.4 is 5.32 Å². The van der Waals surface area contributed by atoms with Crippen molar-refractivity contribution in [3.63, 3.8) is 0 Å². The monoisotopic (exact) mass is 268 g/mol. The zero-order valence-corrected chi connectivity index (χ0v) is 10.7. The van der Waals surface area contributed by atoms with Gasteiger partial charge in [0.2, 0.25) is 0 Å². The average Bonchev–Trinajstić information content (AvgIpc) is 2.13. The third kappa shape index (κ3) is 4.04. The van der Waals surface area contributed by atoms with E-state index in [-0.39, 0.29) is 13.0 Å². The minimum atomic E-state index is -4.29. The van der Waals surface area contributed by atoms with Gasteiger partial charge in [-0.05, 0) is 27.2 Å². The molecular weight excluding hydrogens is 249 g/mol. The number of hydrogen-bond donors (Lipinski definition) is 2. The van der Waals surface area contributed by atoms with Gasteiger partial charge >= 0.3 is 12.3 Å². The number of likely N-dealkylation sites (tertiary alicyclic amines) is 1. The Bertz CT molecular complexity index is 290. The van der Waals surface area contributed by atoms with Crippen LogP contribution in [0.3, 0.4) is 0 Å². The van der Waals surface area contributed by atoms with Crippen molar-refractivity contribution in [1.29, 1.82) is 0 Å². The summed E-state index contributed by atoms with van der Waals surface area (Å²) in [7, 11) is 0. The molecule has 0 aromatic carbocycles. The first-order valence-corrected chi connectivity index (χ1v) is 5.81. The Kier molecular flexibility index (Phi) is 4.15. The number of halogens is 3. The van der Waals surface area contributed by atoms with E-state index in [9.17, 15) is 18.0 Å². The summed E-state index contributed by atoms with van der Waals surface area (Å²) >= 11 is 0. The van der Waals surface area contributed by atoms with Crippen molar-refractivity contribution in [2.45, 2.75) is 44.9 Å². The highest BCUT2D eigenvalue weighted by molar-refractivity contribution is 5.64. The normalized spacial score (nSPS) is 27.0. The van der Waals surface area contributed by atoms with Gasteiger partial charge < -0.3 is 10.4 Å². The fraction of sp³-hybridized carbons (Fsp3) is 0.909. The van der Waals surface area contributed by atoms with E-state index in [0.717, 1.165) is 0 Å². The third-order valence-corrected chi connectivity index (χ3v) is 3.19. The van der Waals surface area contributed by atoms with Gasteiger partial charge in [-0.25, -0.2) is 4.79 Å². The maximum Gasteiger partial charge on any atom is 0.404 e. The summed E-state index contributed by atoms with van der Waals surface area (Å²) in [6.45, 7) is 5.70. The minimum Gasteiger partial charge on any atom is -0.465 e. The molecule has 0 unspecified atom stereocenters. The number of carboxylic acid groups (broad SMARTS) is 1. The predicted molar refractivity (Wildman–Crippen MR) is 60.4 cm³/mol. The summed E-state index contributed by atoms with van der Waals surface area (Å²) in [4.78, 5) is 12.2. The van der Waals surface area contributed by atoms with Crippen LogP contribution in [0.15, 0.2) is 0 Å². The largest absolute Gasteiger partial charge is 0.465 e. The van der Waals surface area contributed by atoms with Crippen LogP contribution in [0, 0.1) is 5.92 Å². The maximum absolute atomic E-state index is 12.8. The molecule has 4 nitrogen and oxygen atoms in total. The van der Waals surface area contributed by atoms with Gasteiger partial charge in [0, 0.05) is 24.7 Å². The van der Waals surface area contributed by atoms with Crippen molar-refractivity contribution in [2.24, 2.45) is 5.92 Å². The Morgan fingerprint density at radius 1 is 1.28 bits per heavy atom. The summed E-state index contributed by atoms with van der Waals surface area (Å²) in [5.74, 6) is -1.48. The van der Waals surface area contributed by atoms with E-state index in [1.54, 1.807) is 4.90 Å². The lowest BCUT2D eigenvalue weighted by molar-refractivity contribution is -0.193. The van der Waals surface area contributed by atoms with Gasteiger partial charge in [0.25, 0.3) is 0 Å². The zero-order valence-electron chi connectivity index (χ0n) is 10.7. The molecule has 0 spiro atoms. The second kappa shape index (κ2) is 4.95. The molecule has 1 amide bonds. The molecule has 1 fully saturated rings. The van der Waals surface area contributed by atoms with E-state index in [2.05, 4.69) is 5.32 Å². The van der Waals surface area contributed by atoms with Gasteiger partial charge in [0.15, 0.2) is 0 Å². The van der Waals surface area contributed by atoms with Crippen LogP contribution in [0.4, 0.5) is 18.0 Å². The van der Waals surface area contributed by atoms with Gasteiger partial charge in [0.1, 0.15) is 0 Å². The summed E-state index contributed by atoms with van der Waals surface area (Å²) in [5, 5.41) is 10.8. The lowest BCUT2D eigenvalue weighted by atomic mass is 9.90. The van der Waals surface area contributed by atoms with Gasteiger partial charge in [-0.1, -0.05) is 0 Å². The van der Waals surface area contributed by atoms with Crippen LogP contribution in [0.1, 0.15) is 27.2 Å². The van der Waals surface area contributed by atoms with Gasteiger partial charge in [-0.2, -0.15) is 13.2 Å². The van der Waals surface area contributed by atoms with Crippen molar-refractivity contribution >= 4 is 6.09 Å². The molecule has 1 heterocycles. The van der Waals surface area contributed by atoms with E-state index in [4.69, 9.17) is 5.11 Å². The highest BCUT2D eigenvalue weighted by Crippen LogP contribution is 2.35. The Morgan fingerprint density at radius 3 is 2.22 bits per heavy atom. The number of amides is 1. The van der Waals surface area contributed by atoms with E-state index in [1.165, 1.54) is 0 Å². The molecule has 2 N–H and O–H groups in total. The molecule has 106 valence electrons. The fourth-order valence-electron chi connectivity index (χ4n) is 2.16. The number of nitrogens with one attached hydrogen (secondary N) is 1. The van der Waals surface area contributed by atoms with Gasteiger partial charge in [-0.15, -0.1) is 0 Å². The number of rotatable bonds is 1. The zero-order chi connectivity index (χ0) is 14.1. The summed E-state index contributed by atoms with van der Waals surface area (Å²) in [5.41, 5.74) is -0.414. The molecule has 0 aliphatic carbocycles. The van der Waals surface area contributed by atoms with Crippen molar-refractivity contribution in [1.82, 2.24) is 10.2 Å². The van der Waals surface area contributed by atoms with Crippen LogP contribution in [0.25, 0.3) is 0 Å². The number of piperidine rings is 1. The average molecular weight is 268 g/mol. The van der Waals surface area contributed by atoms with Gasteiger partial charge in [-0.3, -0.25) is 4.90 Å². The molecule has 1 rings (SSSR count). The number of carbonyl (C=O) groups is 1. The molecule has 0 radical (unpaired) electrons.